The first kappa shape index (κ1) is 17.9. The molecule has 2 atom stereocenters. The number of hydrogen-bond donors (Lipinski definition) is 2. The summed E-state index contributed by atoms with van der Waals surface area (Å²) in [6, 6.07) is 9.93. The third-order valence-electron chi connectivity index (χ3n) is 5.05. The molecule has 0 radical (unpaired) electrons. The molecule has 2 aliphatic heterocycles. The number of carbonyl (C=O) groups is 2. The van der Waals surface area contributed by atoms with E-state index in [0.29, 0.717) is 45.6 Å². The van der Waals surface area contributed by atoms with Crippen LogP contribution in [-0.4, -0.2) is 71.6 Å². The Labute approximate surface area is 148 Å². The van der Waals surface area contributed by atoms with E-state index in [1.165, 1.54) is 5.56 Å². The first-order chi connectivity index (χ1) is 12.1. The molecule has 2 N–H and O–H groups in total. The molecule has 2 saturated heterocycles. The molecule has 6 heteroatoms. The molecule has 2 heterocycles. The highest BCUT2D eigenvalue weighted by Gasteiger charge is 2.33. The van der Waals surface area contributed by atoms with Crippen LogP contribution in [0.3, 0.4) is 0 Å². The summed E-state index contributed by atoms with van der Waals surface area (Å²) < 4.78 is 0. The second-order valence-electron chi connectivity index (χ2n) is 6.90. The summed E-state index contributed by atoms with van der Waals surface area (Å²) in [6.45, 7) is 2.85. The zero-order chi connectivity index (χ0) is 17.6. The van der Waals surface area contributed by atoms with E-state index in [1.54, 1.807) is 0 Å². The van der Waals surface area contributed by atoms with E-state index in [2.05, 4.69) is 17.4 Å². The number of aliphatic hydroxyl groups is 1. The lowest BCUT2D eigenvalue weighted by Gasteiger charge is -2.36. The van der Waals surface area contributed by atoms with Gasteiger partial charge in [0.2, 0.25) is 11.8 Å². The molecule has 136 valence electrons. The van der Waals surface area contributed by atoms with Crippen LogP contribution in [0, 0.1) is 0 Å². The van der Waals surface area contributed by atoms with Gasteiger partial charge >= 0.3 is 0 Å². The fraction of sp³-hybridized carbons (Fsp3) is 0.579. The second-order valence-corrected chi connectivity index (χ2v) is 6.90. The van der Waals surface area contributed by atoms with E-state index >= 15 is 0 Å². The molecular formula is C19H27N3O3. The molecule has 0 aliphatic carbocycles. The monoisotopic (exact) mass is 345 g/mol. The number of nitrogens with zero attached hydrogens (tertiary/aromatic N) is 2. The van der Waals surface area contributed by atoms with Gasteiger partial charge in [-0.1, -0.05) is 30.3 Å². The number of aliphatic hydroxyl groups excluding tert-OH is 1. The minimum Gasteiger partial charge on any atom is -0.392 e. The number of aryl methyl sites for hydroxylation is 1. The number of rotatable bonds is 5. The van der Waals surface area contributed by atoms with Crippen LogP contribution in [0.2, 0.25) is 0 Å². The predicted octanol–water partition coefficient (Wildman–Crippen LogP) is 0.403. The topological polar surface area (TPSA) is 72.9 Å². The fourth-order valence-electron chi connectivity index (χ4n) is 3.55. The second kappa shape index (κ2) is 8.45. The average Bonchev–Trinajstić information content (AvgIpc) is 3.08. The van der Waals surface area contributed by atoms with Crippen LogP contribution in [0.4, 0.5) is 0 Å². The highest BCUT2D eigenvalue weighted by Crippen LogP contribution is 2.13. The van der Waals surface area contributed by atoms with Gasteiger partial charge in [0.15, 0.2) is 0 Å². The van der Waals surface area contributed by atoms with Crippen molar-refractivity contribution in [3.05, 3.63) is 35.9 Å². The number of hydrogen-bond acceptors (Lipinski definition) is 4. The quantitative estimate of drug-likeness (QED) is 0.810. The molecule has 25 heavy (non-hydrogen) atoms. The summed E-state index contributed by atoms with van der Waals surface area (Å²) in [5.41, 5.74) is 1.26. The summed E-state index contributed by atoms with van der Waals surface area (Å²) in [5, 5.41) is 12.6. The molecule has 2 amide bonds. The molecule has 6 nitrogen and oxygen atoms in total. The van der Waals surface area contributed by atoms with E-state index < -0.39 is 6.10 Å². The molecule has 2 aliphatic rings. The Morgan fingerprint density at radius 1 is 1.08 bits per heavy atom. The van der Waals surface area contributed by atoms with Crippen LogP contribution < -0.4 is 5.32 Å². The van der Waals surface area contributed by atoms with Gasteiger partial charge in [-0.05, 0) is 24.8 Å². The summed E-state index contributed by atoms with van der Waals surface area (Å²) in [6.07, 6.45) is 2.38. The van der Waals surface area contributed by atoms with Crippen molar-refractivity contribution in [1.29, 1.82) is 0 Å². The van der Waals surface area contributed by atoms with E-state index in [0.717, 1.165) is 12.8 Å². The summed E-state index contributed by atoms with van der Waals surface area (Å²) in [5.74, 6) is 0.227. The summed E-state index contributed by atoms with van der Waals surface area (Å²) in [4.78, 5) is 28.4. The van der Waals surface area contributed by atoms with Gasteiger partial charge < -0.3 is 20.2 Å². The molecule has 1 aromatic rings. The molecule has 0 aromatic heterocycles. The van der Waals surface area contributed by atoms with Crippen LogP contribution >= 0.6 is 0 Å². The maximum absolute atomic E-state index is 12.4. The Kier molecular flexibility index (Phi) is 6.04. The molecule has 1 aromatic carbocycles. The third-order valence-corrected chi connectivity index (χ3v) is 5.05. The van der Waals surface area contributed by atoms with Crippen LogP contribution in [0.5, 0.6) is 0 Å². The number of β-amino-alcohol motifs (C(OH)–C–C–N with tert-alkyl or cyclic N) is 1. The predicted molar refractivity (Wildman–Crippen MR) is 95.0 cm³/mol. The first-order valence-electron chi connectivity index (χ1n) is 9.15. The van der Waals surface area contributed by atoms with Gasteiger partial charge in [0, 0.05) is 39.1 Å². The van der Waals surface area contributed by atoms with E-state index in [1.807, 2.05) is 28.0 Å². The zero-order valence-electron chi connectivity index (χ0n) is 14.6. The van der Waals surface area contributed by atoms with Crippen molar-refractivity contribution < 1.29 is 14.7 Å². The lowest BCUT2D eigenvalue weighted by molar-refractivity contribution is -0.140. The van der Waals surface area contributed by atoms with Crippen molar-refractivity contribution in [3.8, 4) is 0 Å². The normalized spacial score (nSPS) is 23.7. The van der Waals surface area contributed by atoms with Crippen molar-refractivity contribution in [3.63, 3.8) is 0 Å². The van der Waals surface area contributed by atoms with Gasteiger partial charge in [-0.15, -0.1) is 0 Å². The highest BCUT2D eigenvalue weighted by molar-refractivity contribution is 5.83. The molecule has 3 rings (SSSR count). The SMILES string of the molecule is O=C(CCCc1ccccc1)N1CCN(C(=O)C2CC(O)CN2)CC1. The van der Waals surface area contributed by atoms with Crippen molar-refractivity contribution >= 4 is 11.8 Å². The van der Waals surface area contributed by atoms with Gasteiger partial charge in [0.25, 0.3) is 0 Å². The number of piperazine rings is 1. The summed E-state index contributed by atoms with van der Waals surface area (Å²) >= 11 is 0. The van der Waals surface area contributed by atoms with Crippen LogP contribution in [0.15, 0.2) is 30.3 Å². The lowest BCUT2D eigenvalue weighted by Crippen LogP contribution is -2.54. The number of benzene rings is 1. The van der Waals surface area contributed by atoms with Gasteiger partial charge in [0.1, 0.15) is 0 Å². The van der Waals surface area contributed by atoms with Gasteiger partial charge in [-0.25, -0.2) is 0 Å². The van der Waals surface area contributed by atoms with Crippen LogP contribution in [0.25, 0.3) is 0 Å². The maximum atomic E-state index is 12.4. The Bertz CT molecular complexity index is 585. The smallest absolute Gasteiger partial charge is 0.239 e. The molecule has 0 spiro atoms. The van der Waals surface area contributed by atoms with E-state index in [-0.39, 0.29) is 17.9 Å². The van der Waals surface area contributed by atoms with Crippen molar-refractivity contribution in [2.45, 2.75) is 37.8 Å². The molecular weight excluding hydrogens is 318 g/mol. The minimum absolute atomic E-state index is 0.0488. The van der Waals surface area contributed by atoms with Gasteiger partial charge in [0.05, 0.1) is 12.1 Å². The molecule has 2 fully saturated rings. The van der Waals surface area contributed by atoms with Gasteiger partial charge in [-0.3, -0.25) is 9.59 Å². The number of nitrogens with one attached hydrogen (secondary N) is 1. The largest absolute Gasteiger partial charge is 0.392 e. The zero-order valence-corrected chi connectivity index (χ0v) is 14.6. The van der Waals surface area contributed by atoms with E-state index in [4.69, 9.17) is 0 Å². The van der Waals surface area contributed by atoms with Crippen LogP contribution in [0.1, 0.15) is 24.8 Å². The third kappa shape index (κ3) is 4.80. The molecule has 0 bridgehead atoms. The summed E-state index contributed by atoms with van der Waals surface area (Å²) in [7, 11) is 0. The Hall–Kier alpha value is -1.92. The molecule has 0 saturated carbocycles. The van der Waals surface area contributed by atoms with Crippen LogP contribution in [-0.2, 0) is 16.0 Å². The number of carbonyl (C=O) groups excluding carboxylic acids is 2. The lowest BCUT2D eigenvalue weighted by atomic mass is 10.1. The minimum atomic E-state index is -0.429. The van der Waals surface area contributed by atoms with Crippen molar-refractivity contribution in [1.82, 2.24) is 15.1 Å². The highest BCUT2D eigenvalue weighted by atomic mass is 16.3. The fourth-order valence-corrected chi connectivity index (χ4v) is 3.55. The van der Waals surface area contributed by atoms with Crippen molar-refractivity contribution in [2.75, 3.05) is 32.7 Å². The maximum Gasteiger partial charge on any atom is 0.239 e. The average molecular weight is 345 g/mol. The Morgan fingerprint density at radius 2 is 1.76 bits per heavy atom. The number of amides is 2. The van der Waals surface area contributed by atoms with Gasteiger partial charge in [-0.2, -0.15) is 0 Å². The molecule has 2 unspecified atom stereocenters. The Balaban J connectivity index is 1.38. The standard InChI is InChI=1S/C19H27N3O3/c23-16-13-17(20-14-16)19(25)22-11-9-21(10-12-22)18(24)8-4-7-15-5-2-1-3-6-15/h1-3,5-6,16-17,20,23H,4,7-14H2. The van der Waals surface area contributed by atoms with Crippen molar-refractivity contribution in [2.24, 2.45) is 0 Å². The van der Waals surface area contributed by atoms with E-state index in [9.17, 15) is 14.7 Å². The Morgan fingerprint density at radius 3 is 2.40 bits per heavy atom. The first-order valence-corrected chi connectivity index (χ1v) is 9.15.